The van der Waals surface area contributed by atoms with Gasteiger partial charge in [0.2, 0.25) is 5.91 Å². The third-order valence-corrected chi connectivity index (χ3v) is 8.08. The molecule has 0 bridgehead atoms. The van der Waals surface area contributed by atoms with E-state index in [1.165, 1.54) is 32.6 Å². The lowest BCUT2D eigenvalue weighted by molar-refractivity contribution is -0.120. The highest BCUT2D eigenvalue weighted by Gasteiger charge is 2.24. The van der Waals surface area contributed by atoms with E-state index in [2.05, 4.69) is 10.3 Å². The topological polar surface area (TPSA) is 99.2 Å². The van der Waals surface area contributed by atoms with Crippen molar-refractivity contribution in [3.05, 3.63) is 107 Å². The number of Topliss-reactive ketones (excluding diaryl/α,β-unsaturated/α-hetero) is 1. The fraction of sp³-hybridized carbons (Fsp3) is 0.229. The SMILES string of the molecule is COc1cc(CC(=O)NN(c2ccc(-c3ccccc3)c(C(C)=O)c2)c2ccccc2N2CCCCC2)c(Cl)cc1C(=O)O. The number of carbonyl (C=O) groups excluding carboxylic acids is 2. The van der Waals surface area contributed by atoms with Crippen LogP contribution >= 0.6 is 11.6 Å². The van der Waals surface area contributed by atoms with Crippen LogP contribution in [0.5, 0.6) is 5.75 Å². The van der Waals surface area contributed by atoms with Crippen molar-refractivity contribution in [2.75, 3.05) is 30.1 Å². The number of hydrazine groups is 1. The first-order valence-electron chi connectivity index (χ1n) is 14.5. The zero-order chi connectivity index (χ0) is 31.2. The quantitative estimate of drug-likeness (QED) is 0.143. The van der Waals surface area contributed by atoms with E-state index in [1.54, 1.807) is 11.1 Å². The zero-order valence-corrected chi connectivity index (χ0v) is 25.4. The molecule has 0 atom stereocenters. The van der Waals surface area contributed by atoms with Crippen molar-refractivity contribution in [1.29, 1.82) is 0 Å². The Balaban J connectivity index is 1.56. The van der Waals surface area contributed by atoms with E-state index in [0.717, 1.165) is 48.4 Å². The van der Waals surface area contributed by atoms with Gasteiger partial charge in [-0.3, -0.25) is 20.0 Å². The monoisotopic (exact) mass is 611 g/mol. The molecule has 8 nitrogen and oxygen atoms in total. The highest BCUT2D eigenvalue weighted by molar-refractivity contribution is 6.32. The third-order valence-electron chi connectivity index (χ3n) is 7.73. The van der Waals surface area contributed by atoms with Gasteiger partial charge in [-0.2, -0.15) is 0 Å². The van der Waals surface area contributed by atoms with Gasteiger partial charge in [0.15, 0.2) is 5.78 Å². The number of ether oxygens (including phenoxy) is 1. The summed E-state index contributed by atoms with van der Waals surface area (Å²) in [7, 11) is 1.37. The minimum atomic E-state index is -1.18. The average Bonchev–Trinajstić information content (AvgIpc) is 3.05. The van der Waals surface area contributed by atoms with E-state index >= 15 is 0 Å². The molecule has 9 heteroatoms. The van der Waals surface area contributed by atoms with E-state index in [-0.39, 0.29) is 34.4 Å². The number of carbonyl (C=O) groups is 3. The number of para-hydroxylation sites is 2. The number of anilines is 3. The van der Waals surface area contributed by atoms with E-state index in [4.69, 9.17) is 16.3 Å². The standard InChI is InChI=1S/C35H34ClN3O5/c1-23(40)28-21-26(15-16-27(28)24-11-5-3-6-12-24)39(32-14-8-7-13-31(32)38-17-9-4-10-18-38)37-34(41)20-25-19-33(44-2)29(35(42)43)22-30(25)36/h3,5-8,11-16,19,21-22H,4,9-10,17-18,20H2,1-2H3,(H,37,41)(H,42,43). The lowest BCUT2D eigenvalue weighted by Gasteiger charge is -2.34. The van der Waals surface area contributed by atoms with Crippen LogP contribution in [0.1, 0.15) is 52.5 Å². The first-order chi connectivity index (χ1) is 21.3. The first kappa shape index (κ1) is 30.6. The van der Waals surface area contributed by atoms with Crippen molar-refractivity contribution < 1.29 is 24.2 Å². The predicted octanol–water partition coefficient (Wildman–Crippen LogP) is 7.32. The van der Waals surface area contributed by atoms with Crippen molar-refractivity contribution in [1.82, 2.24) is 5.43 Å². The summed E-state index contributed by atoms with van der Waals surface area (Å²) in [6.07, 6.45) is 3.19. The Labute approximate surface area is 261 Å². The minimum absolute atomic E-state index is 0.0889. The summed E-state index contributed by atoms with van der Waals surface area (Å²) in [6.45, 7) is 3.33. The number of carboxylic acid groups (broad SMARTS) is 1. The van der Waals surface area contributed by atoms with Crippen molar-refractivity contribution in [3.8, 4) is 16.9 Å². The Morgan fingerprint density at radius 1 is 0.909 bits per heavy atom. The molecule has 4 aromatic carbocycles. The molecule has 0 aliphatic carbocycles. The van der Waals surface area contributed by atoms with Crippen molar-refractivity contribution in [2.24, 2.45) is 0 Å². The number of carboxylic acids is 1. The molecule has 44 heavy (non-hydrogen) atoms. The van der Waals surface area contributed by atoms with Crippen LogP contribution in [0.4, 0.5) is 17.1 Å². The maximum absolute atomic E-state index is 13.7. The molecule has 1 amide bonds. The van der Waals surface area contributed by atoms with Gasteiger partial charge in [0.25, 0.3) is 0 Å². The second kappa shape index (κ2) is 13.7. The Morgan fingerprint density at radius 2 is 1.61 bits per heavy atom. The Bertz CT molecular complexity index is 1690. The largest absolute Gasteiger partial charge is 0.496 e. The van der Waals surface area contributed by atoms with Crippen LogP contribution in [0.2, 0.25) is 5.02 Å². The fourth-order valence-corrected chi connectivity index (χ4v) is 5.79. The van der Waals surface area contributed by atoms with Crippen molar-refractivity contribution >= 4 is 46.3 Å². The molecule has 1 aliphatic heterocycles. The van der Waals surface area contributed by atoms with Crippen LogP contribution in [-0.4, -0.2) is 43.0 Å². The van der Waals surface area contributed by atoms with Gasteiger partial charge in [-0.1, -0.05) is 60.1 Å². The number of piperidine rings is 1. The third kappa shape index (κ3) is 6.71. The minimum Gasteiger partial charge on any atom is -0.496 e. The van der Waals surface area contributed by atoms with E-state index in [9.17, 15) is 19.5 Å². The maximum Gasteiger partial charge on any atom is 0.339 e. The second-order valence-electron chi connectivity index (χ2n) is 10.7. The smallest absolute Gasteiger partial charge is 0.339 e. The Morgan fingerprint density at radius 3 is 2.30 bits per heavy atom. The number of rotatable bonds is 10. The van der Waals surface area contributed by atoms with Gasteiger partial charge in [-0.25, -0.2) is 4.79 Å². The zero-order valence-electron chi connectivity index (χ0n) is 24.7. The average molecular weight is 612 g/mol. The number of aromatic carboxylic acids is 1. The second-order valence-corrected chi connectivity index (χ2v) is 11.1. The highest BCUT2D eigenvalue weighted by Crippen LogP contribution is 2.37. The molecule has 226 valence electrons. The van der Waals surface area contributed by atoms with Gasteiger partial charge in [-0.15, -0.1) is 0 Å². The van der Waals surface area contributed by atoms with E-state index < -0.39 is 5.97 Å². The molecular weight excluding hydrogens is 578 g/mol. The van der Waals surface area contributed by atoms with E-state index in [1.807, 2.05) is 66.7 Å². The molecule has 0 unspecified atom stereocenters. The van der Waals surface area contributed by atoms with Gasteiger partial charge < -0.3 is 14.7 Å². The summed E-state index contributed by atoms with van der Waals surface area (Å²) < 4.78 is 5.25. The first-order valence-corrected chi connectivity index (χ1v) is 14.9. The number of amides is 1. The summed E-state index contributed by atoms with van der Waals surface area (Å²) >= 11 is 6.42. The molecule has 0 spiro atoms. The molecule has 1 fully saturated rings. The molecule has 1 saturated heterocycles. The Hall–Kier alpha value is -4.82. The van der Waals surface area contributed by atoms with Gasteiger partial charge in [0.1, 0.15) is 11.3 Å². The number of benzene rings is 4. The van der Waals surface area contributed by atoms with Gasteiger partial charge in [-0.05, 0) is 79.3 Å². The van der Waals surface area contributed by atoms with Crippen LogP contribution in [0.3, 0.4) is 0 Å². The molecule has 2 N–H and O–H groups in total. The molecule has 4 aromatic rings. The molecule has 0 radical (unpaired) electrons. The Kier molecular flexibility index (Phi) is 9.50. The van der Waals surface area contributed by atoms with Crippen molar-refractivity contribution in [3.63, 3.8) is 0 Å². The number of nitrogens with zero attached hydrogens (tertiary/aromatic N) is 2. The van der Waals surface area contributed by atoms with Gasteiger partial charge >= 0.3 is 5.97 Å². The summed E-state index contributed by atoms with van der Waals surface area (Å²) in [5.74, 6) is -1.55. The molecule has 0 aromatic heterocycles. The lowest BCUT2D eigenvalue weighted by Crippen LogP contribution is -2.41. The number of hydrogen-bond acceptors (Lipinski definition) is 6. The van der Waals surface area contributed by atoms with Crippen LogP contribution in [0.15, 0.2) is 84.9 Å². The van der Waals surface area contributed by atoms with Gasteiger partial charge in [0, 0.05) is 23.7 Å². The lowest BCUT2D eigenvalue weighted by atomic mass is 9.96. The summed E-state index contributed by atoms with van der Waals surface area (Å²) in [5, 5.41) is 11.4. The maximum atomic E-state index is 13.7. The molecule has 1 aliphatic rings. The number of hydrogen-bond donors (Lipinski definition) is 2. The number of halogens is 1. The molecule has 0 saturated carbocycles. The summed E-state index contributed by atoms with van der Waals surface area (Å²) in [5.41, 5.74) is 7.96. The van der Waals surface area contributed by atoms with Crippen LogP contribution < -0.4 is 20.1 Å². The van der Waals surface area contributed by atoms with Gasteiger partial charge in [0.05, 0.1) is 30.6 Å². The van der Waals surface area contributed by atoms with Crippen LogP contribution in [-0.2, 0) is 11.2 Å². The number of ketones is 1. The summed E-state index contributed by atoms with van der Waals surface area (Å²) in [4.78, 5) is 40.5. The van der Waals surface area contributed by atoms with Crippen molar-refractivity contribution in [2.45, 2.75) is 32.6 Å². The summed E-state index contributed by atoms with van der Waals surface area (Å²) in [6, 6.07) is 25.9. The number of nitrogens with one attached hydrogen (secondary N) is 1. The molecule has 5 rings (SSSR count). The number of methoxy groups -OCH3 is 1. The fourth-order valence-electron chi connectivity index (χ4n) is 5.56. The molecule has 1 heterocycles. The predicted molar refractivity (Wildman–Crippen MR) is 173 cm³/mol. The highest BCUT2D eigenvalue weighted by atomic mass is 35.5. The van der Waals surface area contributed by atoms with E-state index in [0.29, 0.717) is 16.8 Å². The normalized spacial score (nSPS) is 12.8. The van der Waals surface area contributed by atoms with Crippen LogP contribution in [0, 0.1) is 0 Å². The molecular formula is C35H34ClN3O5. The van der Waals surface area contributed by atoms with Crippen LogP contribution in [0.25, 0.3) is 11.1 Å².